The van der Waals surface area contributed by atoms with Crippen LogP contribution in [0.1, 0.15) is 24.0 Å². The first kappa shape index (κ1) is 17.6. The molecule has 4 nitrogen and oxygen atoms in total. The molecule has 0 unspecified atom stereocenters. The van der Waals surface area contributed by atoms with Crippen molar-refractivity contribution in [3.05, 3.63) is 70.8 Å². The second-order valence-electron chi connectivity index (χ2n) is 7.47. The van der Waals surface area contributed by atoms with E-state index in [4.69, 9.17) is 0 Å². The lowest BCUT2D eigenvalue weighted by Gasteiger charge is -2.29. The number of carbonyl (C=O) groups excluding carboxylic acids is 1. The van der Waals surface area contributed by atoms with Gasteiger partial charge in [-0.15, -0.1) is 0 Å². The Bertz CT molecular complexity index is 857. The molecule has 2 aromatic rings. The number of likely N-dealkylation sites (tertiary alicyclic amines) is 1. The van der Waals surface area contributed by atoms with Gasteiger partial charge >= 0.3 is 0 Å². The van der Waals surface area contributed by atoms with E-state index in [0.717, 1.165) is 34.7 Å². The van der Waals surface area contributed by atoms with Crippen molar-refractivity contribution in [2.75, 3.05) is 19.6 Å². The van der Waals surface area contributed by atoms with E-state index in [1.807, 2.05) is 24.3 Å². The molecule has 1 aliphatic heterocycles. The van der Waals surface area contributed by atoms with Gasteiger partial charge in [-0.3, -0.25) is 9.69 Å². The molecule has 0 radical (unpaired) electrons. The Hall–Kier alpha value is -2.85. The number of ketones is 1. The maximum Gasteiger partial charge on any atom is 0.187 e. The Morgan fingerprint density at radius 1 is 0.889 bits per heavy atom. The van der Waals surface area contributed by atoms with Crippen LogP contribution in [-0.4, -0.2) is 40.5 Å². The normalized spacial score (nSPS) is 21.1. The van der Waals surface area contributed by atoms with Crippen LogP contribution >= 0.6 is 0 Å². The summed E-state index contributed by atoms with van der Waals surface area (Å²) >= 11 is 0. The molecule has 0 aromatic heterocycles. The first-order chi connectivity index (χ1) is 13.1. The standard InChI is InChI=1S/C23H23NO3/c25-21-5-1-3-17(11-21)9-19-14-24(13-16-7-8-16)15-20(23(19)27)10-18-4-2-6-22(26)12-18/h1-6,9-12,16,25-26H,7-8,13-15H2/b19-9-,20-10+. The minimum Gasteiger partial charge on any atom is -0.508 e. The van der Waals surface area contributed by atoms with Crippen LogP contribution in [0, 0.1) is 5.92 Å². The molecule has 1 saturated carbocycles. The summed E-state index contributed by atoms with van der Waals surface area (Å²) in [6.45, 7) is 2.26. The largest absolute Gasteiger partial charge is 0.508 e. The highest BCUT2D eigenvalue weighted by molar-refractivity contribution is 6.14. The molecule has 0 atom stereocenters. The van der Waals surface area contributed by atoms with Crippen molar-refractivity contribution >= 4 is 17.9 Å². The summed E-state index contributed by atoms with van der Waals surface area (Å²) in [5.41, 5.74) is 3.12. The first-order valence-corrected chi connectivity index (χ1v) is 9.33. The molecule has 0 bridgehead atoms. The first-order valence-electron chi connectivity index (χ1n) is 9.33. The maximum absolute atomic E-state index is 13.1. The average Bonchev–Trinajstić information content (AvgIpc) is 3.43. The number of benzene rings is 2. The third kappa shape index (κ3) is 4.47. The second-order valence-corrected chi connectivity index (χ2v) is 7.47. The van der Waals surface area contributed by atoms with Crippen LogP contribution in [-0.2, 0) is 4.79 Å². The summed E-state index contributed by atoms with van der Waals surface area (Å²) in [7, 11) is 0. The van der Waals surface area contributed by atoms with Gasteiger partial charge in [0, 0.05) is 30.8 Å². The number of nitrogens with zero attached hydrogens (tertiary/aromatic N) is 1. The molecule has 4 rings (SSSR count). The van der Waals surface area contributed by atoms with Gasteiger partial charge in [0.15, 0.2) is 5.78 Å². The zero-order chi connectivity index (χ0) is 18.8. The molecule has 2 aliphatic rings. The van der Waals surface area contributed by atoms with E-state index in [9.17, 15) is 15.0 Å². The molecule has 2 fully saturated rings. The number of aromatic hydroxyl groups is 2. The lowest BCUT2D eigenvalue weighted by Crippen LogP contribution is -2.38. The fourth-order valence-corrected chi connectivity index (χ4v) is 3.54. The zero-order valence-corrected chi connectivity index (χ0v) is 15.1. The van der Waals surface area contributed by atoms with E-state index >= 15 is 0 Å². The molecule has 138 valence electrons. The Kier molecular flexibility index (Phi) is 4.82. The van der Waals surface area contributed by atoms with Crippen molar-refractivity contribution in [3.63, 3.8) is 0 Å². The highest BCUT2D eigenvalue weighted by Gasteiger charge is 2.30. The quantitative estimate of drug-likeness (QED) is 0.812. The van der Waals surface area contributed by atoms with E-state index in [1.54, 1.807) is 36.4 Å². The number of hydrogen-bond acceptors (Lipinski definition) is 4. The number of rotatable bonds is 4. The molecule has 2 aromatic carbocycles. The third-order valence-corrected chi connectivity index (χ3v) is 5.01. The van der Waals surface area contributed by atoms with Crippen LogP contribution in [0.2, 0.25) is 0 Å². The van der Waals surface area contributed by atoms with E-state index in [0.29, 0.717) is 13.1 Å². The van der Waals surface area contributed by atoms with Crippen molar-refractivity contribution in [2.24, 2.45) is 5.92 Å². The van der Waals surface area contributed by atoms with Crippen molar-refractivity contribution in [1.82, 2.24) is 4.90 Å². The summed E-state index contributed by atoms with van der Waals surface area (Å²) < 4.78 is 0. The predicted octanol–water partition coefficient (Wildman–Crippen LogP) is 3.86. The van der Waals surface area contributed by atoms with Crippen LogP contribution in [0.15, 0.2) is 59.7 Å². The minimum absolute atomic E-state index is 0.0359. The van der Waals surface area contributed by atoms with Gasteiger partial charge < -0.3 is 10.2 Å². The van der Waals surface area contributed by atoms with Crippen molar-refractivity contribution in [1.29, 1.82) is 0 Å². The topological polar surface area (TPSA) is 60.8 Å². The highest BCUT2D eigenvalue weighted by Crippen LogP contribution is 2.32. The van der Waals surface area contributed by atoms with Gasteiger partial charge in [-0.2, -0.15) is 0 Å². The molecule has 1 aliphatic carbocycles. The zero-order valence-electron chi connectivity index (χ0n) is 15.1. The number of piperidine rings is 1. The Morgan fingerprint density at radius 3 is 1.85 bits per heavy atom. The van der Waals surface area contributed by atoms with Crippen LogP contribution in [0.5, 0.6) is 11.5 Å². The van der Waals surface area contributed by atoms with E-state index < -0.39 is 0 Å². The molecule has 1 saturated heterocycles. The number of phenols is 2. The lowest BCUT2D eigenvalue weighted by molar-refractivity contribution is -0.113. The number of hydrogen-bond donors (Lipinski definition) is 2. The Balaban J connectivity index is 1.66. The molecular weight excluding hydrogens is 338 g/mol. The van der Waals surface area contributed by atoms with Crippen LogP contribution in [0.25, 0.3) is 12.2 Å². The van der Waals surface area contributed by atoms with Crippen molar-refractivity contribution in [3.8, 4) is 11.5 Å². The molecule has 1 heterocycles. The SMILES string of the molecule is O=C1/C(=C\c2cccc(O)c2)CN(CC2CC2)C/C1=C\c1cccc(O)c1. The van der Waals surface area contributed by atoms with Crippen molar-refractivity contribution < 1.29 is 15.0 Å². The Labute approximate surface area is 159 Å². The van der Waals surface area contributed by atoms with E-state index in [-0.39, 0.29) is 17.3 Å². The fourth-order valence-electron chi connectivity index (χ4n) is 3.54. The summed E-state index contributed by atoms with van der Waals surface area (Å²) in [5, 5.41) is 19.4. The molecule has 0 amide bonds. The molecule has 0 spiro atoms. The molecular formula is C23H23NO3. The van der Waals surface area contributed by atoms with Gasteiger partial charge in [-0.05, 0) is 66.3 Å². The lowest BCUT2D eigenvalue weighted by atomic mass is 9.94. The van der Waals surface area contributed by atoms with Crippen molar-refractivity contribution in [2.45, 2.75) is 12.8 Å². The number of carbonyl (C=O) groups is 1. The minimum atomic E-state index is 0.0359. The van der Waals surface area contributed by atoms with Gasteiger partial charge in [0.25, 0.3) is 0 Å². The summed E-state index contributed by atoms with van der Waals surface area (Å²) in [6.07, 6.45) is 6.28. The summed E-state index contributed by atoms with van der Waals surface area (Å²) in [5.74, 6) is 1.16. The van der Waals surface area contributed by atoms with Gasteiger partial charge in [0.1, 0.15) is 11.5 Å². The van der Waals surface area contributed by atoms with Crippen LogP contribution in [0.3, 0.4) is 0 Å². The third-order valence-electron chi connectivity index (χ3n) is 5.01. The number of phenolic OH excluding ortho intramolecular Hbond substituents is 2. The number of Topliss-reactive ketones (excluding diaryl/α,β-unsaturated/α-hetero) is 1. The predicted molar refractivity (Wildman–Crippen MR) is 106 cm³/mol. The smallest absolute Gasteiger partial charge is 0.187 e. The molecule has 2 N–H and O–H groups in total. The van der Waals surface area contributed by atoms with Gasteiger partial charge in [0.2, 0.25) is 0 Å². The van der Waals surface area contributed by atoms with E-state index in [2.05, 4.69) is 4.90 Å². The Morgan fingerprint density at radius 2 is 1.41 bits per heavy atom. The summed E-state index contributed by atoms with van der Waals surface area (Å²) in [6, 6.07) is 13.9. The highest BCUT2D eigenvalue weighted by atomic mass is 16.3. The molecule has 4 heteroatoms. The van der Waals surface area contributed by atoms with Crippen LogP contribution in [0.4, 0.5) is 0 Å². The molecule has 27 heavy (non-hydrogen) atoms. The van der Waals surface area contributed by atoms with Gasteiger partial charge in [-0.25, -0.2) is 0 Å². The second kappa shape index (κ2) is 7.41. The average molecular weight is 361 g/mol. The van der Waals surface area contributed by atoms with E-state index in [1.165, 1.54) is 12.8 Å². The monoisotopic (exact) mass is 361 g/mol. The maximum atomic E-state index is 13.1. The fraction of sp³-hybridized carbons (Fsp3) is 0.261. The van der Waals surface area contributed by atoms with Crippen LogP contribution < -0.4 is 0 Å². The summed E-state index contributed by atoms with van der Waals surface area (Å²) in [4.78, 5) is 15.4. The van der Waals surface area contributed by atoms with Gasteiger partial charge in [-0.1, -0.05) is 24.3 Å². The van der Waals surface area contributed by atoms with Gasteiger partial charge in [0.05, 0.1) is 0 Å².